The first kappa shape index (κ1) is 14.0. The minimum Gasteiger partial charge on any atom is -0.489 e. The Kier molecular flexibility index (Phi) is 3.84. The van der Waals surface area contributed by atoms with E-state index in [2.05, 4.69) is 40.2 Å². The molecule has 2 N–H and O–H groups in total. The van der Waals surface area contributed by atoms with Crippen molar-refractivity contribution in [1.29, 1.82) is 0 Å². The minimum atomic E-state index is 0.527. The van der Waals surface area contributed by atoms with Crippen LogP contribution in [-0.4, -0.2) is 0 Å². The molecule has 0 aliphatic carbocycles. The highest BCUT2D eigenvalue weighted by Crippen LogP contribution is 2.25. The van der Waals surface area contributed by atoms with Crippen LogP contribution in [0.2, 0.25) is 0 Å². The van der Waals surface area contributed by atoms with Crippen molar-refractivity contribution in [2.45, 2.75) is 13.5 Å². The van der Waals surface area contributed by atoms with Crippen LogP contribution in [0.5, 0.6) is 5.75 Å². The number of nitrogens with two attached hydrogens (primary N) is 1. The third kappa shape index (κ3) is 3.03. The minimum absolute atomic E-state index is 0.527. The number of rotatable bonds is 3. The van der Waals surface area contributed by atoms with Gasteiger partial charge in [0.05, 0.1) is 0 Å². The normalized spacial score (nSPS) is 10.8. The van der Waals surface area contributed by atoms with Gasteiger partial charge < -0.3 is 10.5 Å². The zero-order chi connectivity index (χ0) is 14.8. The molecule has 2 nitrogen and oxygen atoms in total. The second-order valence-corrected chi connectivity index (χ2v) is 5.99. The summed E-state index contributed by atoms with van der Waals surface area (Å²) < 4.78 is 6.98. The Hall–Kier alpha value is -2.00. The summed E-state index contributed by atoms with van der Waals surface area (Å²) in [7, 11) is 0. The van der Waals surface area contributed by atoms with Gasteiger partial charge in [0.2, 0.25) is 0 Å². The van der Waals surface area contributed by atoms with E-state index in [4.69, 9.17) is 10.5 Å². The summed E-state index contributed by atoms with van der Waals surface area (Å²) in [5.74, 6) is 0.867. The molecule has 0 radical (unpaired) electrons. The Morgan fingerprint density at radius 1 is 1.00 bits per heavy atom. The Balaban J connectivity index is 1.82. The molecule has 3 aromatic carbocycles. The van der Waals surface area contributed by atoms with Crippen LogP contribution >= 0.6 is 15.9 Å². The number of fused-ring (bicyclic) bond motifs is 1. The molecule has 0 spiro atoms. The summed E-state index contributed by atoms with van der Waals surface area (Å²) in [6.07, 6.45) is 0. The lowest BCUT2D eigenvalue weighted by atomic mass is 10.1. The predicted octanol–water partition coefficient (Wildman–Crippen LogP) is 5.07. The van der Waals surface area contributed by atoms with E-state index in [-0.39, 0.29) is 0 Å². The van der Waals surface area contributed by atoms with Crippen LogP contribution in [0, 0.1) is 6.92 Å². The van der Waals surface area contributed by atoms with Gasteiger partial charge in [0.25, 0.3) is 0 Å². The lowest BCUT2D eigenvalue weighted by Crippen LogP contribution is -2.00. The third-order valence-electron chi connectivity index (χ3n) is 3.66. The fourth-order valence-electron chi connectivity index (χ4n) is 2.31. The Morgan fingerprint density at radius 2 is 1.76 bits per heavy atom. The number of hydrogen-bond acceptors (Lipinski definition) is 2. The first-order chi connectivity index (χ1) is 10.1. The molecule has 0 aromatic heterocycles. The first-order valence-corrected chi connectivity index (χ1v) is 7.59. The summed E-state index contributed by atoms with van der Waals surface area (Å²) in [6, 6.07) is 18.3. The number of nitrogen functional groups attached to an aromatic ring is 1. The van der Waals surface area contributed by atoms with E-state index < -0.39 is 0 Å². The highest BCUT2D eigenvalue weighted by molar-refractivity contribution is 9.10. The van der Waals surface area contributed by atoms with Crippen LogP contribution in [-0.2, 0) is 6.61 Å². The van der Waals surface area contributed by atoms with Gasteiger partial charge in [-0.1, -0.05) is 40.2 Å². The molecule has 0 aliphatic heterocycles. The van der Waals surface area contributed by atoms with Crippen molar-refractivity contribution in [3.8, 4) is 5.75 Å². The van der Waals surface area contributed by atoms with Gasteiger partial charge in [-0.3, -0.25) is 0 Å². The van der Waals surface area contributed by atoms with Crippen LogP contribution in [0.1, 0.15) is 11.1 Å². The van der Waals surface area contributed by atoms with Crippen molar-refractivity contribution in [3.63, 3.8) is 0 Å². The molecule has 0 saturated heterocycles. The molecule has 3 heteroatoms. The van der Waals surface area contributed by atoms with Gasteiger partial charge in [0.1, 0.15) is 12.4 Å². The van der Waals surface area contributed by atoms with Crippen LogP contribution in [0.4, 0.5) is 5.69 Å². The van der Waals surface area contributed by atoms with E-state index in [9.17, 15) is 0 Å². The topological polar surface area (TPSA) is 35.2 Å². The van der Waals surface area contributed by atoms with Crippen molar-refractivity contribution in [3.05, 3.63) is 70.2 Å². The summed E-state index contributed by atoms with van der Waals surface area (Å²) in [5, 5.41) is 2.36. The zero-order valence-electron chi connectivity index (χ0n) is 11.8. The molecule has 0 aliphatic rings. The van der Waals surface area contributed by atoms with Crippen molar-refractivity contribution in [1.82, 2.24) is 0 Å². The summed E-state index contributed by atoms with van der Waals surface area (Å²) in [5.41, 5.74) is 8.93. The maximum Gasteiger partial charge on any atom is 0.120 e. The van der Waals surface area contributed by atoms with Gasteiger partial charge in [-0.05, 0) is 59.2 Å². The van der Waals surface area contributed by atoms with Gasteiger partial charge in [0.15, 0.2) is 0 Å². The lowest BCUT2D eigenvalue weighted by molar-refractivity contribution is 0.306. The molecule has 0 bridgehead atoms. The highest BCUT2D eigenvalue weighted by atomic mass is 79.9. The summed E-state index contributed by atoms with van der Waals surface area (Å²) >= 11 is 3.48. The standard InChI is InChI=1S/C18H16BrNO/c1-12-15(3-2-4-18(12)20)11-21-17-8-6-13-9-16(19)7-5-14(13)10-17/h2-10H,11,20H2,1H3. The molecule has 0 unspecified atom stereocenters. The van der Waals surface area contributed by atoms with Crippen molar-refractivity contribution < 1.29 is 4.74 Å². The zero-order valence-corrected chi connectivity index (χ0v) is 13.4. The number of hydrogen-bond donors (Lipinski definition) is 1. The fourth-order valence-corrected chi connectivity index (χ4v) is 2.68. The van der Waals surface area contributed by atoms with Crippen LogP contribution in [0.3, 0.4) is 0 Å². The summed E-state index contributed by atoms with van der Waals surface area (Å²) in [6.45, 7) is 2.55. The number of anilines is 1. The maximum absolute atomic E-state index is 5.92. The third-order valence-corrected chi connectivity index (χ3v) is 4.15. The largest absolute Gasteiger partial charge is 0.489 e. The van der Waals surface area contributed by atoms with E-state index in [1.807, 2.05) is 37.3 Å². The maximum atomic E-state index is 5.92. The van der Waals surface area contributed by atoms with E-state index in [1.54, 1.807) is 0 Å². The van der Waals surface area contributed by atoms with Crippen LogP contribution in [0.25, 0.3) is 10.8 Å². The average molecular weight is 342 g/mol. The molecular weight excluding hydrogens is 326 g/mol. The molecule has 0 fully saturated rings. The molecule has 3 rings (SSSR count). The van der Waals surface area contributed by atoms with Crippen molar-refractivity contribution in [2.75, 3.05) is 5.73 Å². The van der Waals surface area contributed by atoms with Crippen LogP contribution < -0.4 is 10.5 Å². The molecule has 0 heterocycles. The van der Waals surface area contributed by atoms with Gasteiger partial charge in [0, 0.05) is 10.2 Å². The van der Waals surface area contributed by atoms with E-state index in [0.717, 1.165) is 27.0 Å². The van der Waals surface area contributed by atoms with Gasteiger partial charge >= 0.3 is 0 Å². The Morgan fingerprint density at radius 3 is 2.62 bits per heavy atom. The van der Waals surface area contributed by atoms with E-state index in [0.29, 0.717) is 6.61 Å². The molecule has 0 amide bonds. The van der Waals surface area contributed by atoms with Gasteiger partial charge in [-0.25, -0.2) is 0 Å². The van der Waals surface area contributed by atoms with E-state index in [1.165, 1.54) is 10.8 Å². The van der Waals surface area contributed by atoms with Gasteiger partial charge in [-0.2, -0.15) is 0 Å². The second kappa shape index (κ2) is 5.78. The van der Waals surface area contributed by atoms with Crippen molar-refractivity contribution in [2.24, 2.45) is 0 Å². The quantitative estimate of drug-likeness (QED) is 0.674. The Bertz CT molecular complexity index is 798. The average Bonchev–Trinajstić information content (AvgIpc) is 2.49. The molecule has 3 aromatic rings. The molecule has 0 saturated carbocycles. The molecule has 21 heavy (non-hydrogen) atoms. The van der Waals surface area contributed by atoms with E-state index >= 15 is 0 Å². The smallest absolute Gasteiger partial charge is 0.120 e. The second-order valence-electron chi connectivity index (χ2n) is 5.07. The van der Waals surface area contributed by atoms with Crippen LogP contribution in [0.15, 0.2) is 59.1 Å². The molecular formula is C18H16BrNO. The lowest BCUT2D eigenvalue weighted by Gasteiger charge is -2.11. The SMILES string of the molecule is Cc1c(N)cccc1COc1ccc2cc(Br)ccc2c1. The fraction of sp³-hybridized carbons (Fsp3) is 0.111. The van der Waals surface area contributed by atoms with Crippen molar-refractivity contribution >= 4 is 32.4 Å². The number of ether oxygens (including phenoxy) is 1. The highest BCUT2D eigenvalue weighted by Gasteiger charge is 2.03. The Labute approximate surface area is 132 Å². The predicted molar refractivity (Wildman–Crippen MR) is 91.6 cm³/mol. The number of benzene rings is 3. The monoisotopic (exact) mass is 341 g/mol. The summed E-state index contributed by atoms with van der Waals surface area (Å²) in [4.78, 5) is 0. The van der Waals surface area contributed by atoms with Gasteiger partial charge in [-0.15, -0.1) is 0 Å². The molecule has 106 valence electrons. The first-order valence-electron chi connectivity index (χ1n) is 6.79. The number of halogens is 1. The molecule has 0 atom stereocenters.